The van der Waals surface area contributed by atoms with Crippen molar-refractivity contribution in [2.45, 2.75) is 25.6 Å². The van der Waals surface area contributed by atoms with Gasteiger partial charge in [0.05, 0.1) is 18.4 Å². The Labute approximate surface area is 187 Å². The summed E-state index contributed by atoms with van der Waals surface area (Å²) in [7, 11) is 0. The zero-order valence-electron chi connectivity index (χ0n) is 16.3. The molecule has 1 N–H and O–H groups in total. The van der Waals surface area contributed by atoms with Gasteiger partial charge in [0.1, 0.15) is 0 Å². The molecule has 0 fully saturated rings. The van der Waals surface area contributed by atoms with Crippen LogP contribution >= 0.6 is 23.2 Å². The third-order valence-corrected chi connectivity index (χ3v) is 5.04. The van der Waals surface area contributed by atoms with E-state index in [1.807, 2.05) is 0 Å². The number of carbonyl (C=O) groups excluding carboxylic acids is 1. The van der Waals surface area contributed by atoms with Gasteiger partial charge in [-0.05, 0) is 53.9 Å². The van der Waals surface area contributed by atoms with Gasteiger partial charge in [-0.25, -0.2) is 0 Å². The fraction of sp³-hybridized carbons (Fsp3) is 0.174. The van der Waals surface area contributed by atoms with Crippen LogP contribution in [0.5, 0.6) is 0 Å². The molecular formula is C23H18Cl2F3NO2. The number of halogens is 5. The molecule has 2 aromatic carbocycles. The first kappa shape index (κ1) is 23.0. The Balaban J connectivity index is 1.78. The molecule has 31 heavy (non-hydrogen) atoms. The Bertz CT molecular complexity index is 1070. The normalized spacial score (nSPS) is 12.8. The average molecular weight is 468 g/mol. The molecule has 3 aromatic rings. The van der Waals surface area contributed by atoms with E-state index in [4.69, 9.17) is 27.6 Å². The van der Waals surface area contributed by atoms with E-state index in [0.29, 0.717) is 23.2 Å². The smallest absolute Gasteiger partial charge is 0.399 e. The summed E-state index contributed by atoms with van der Waals surface area (Å²) in [6.45, 7) is 2.04. The van der Waals surface area contributed by atoms with Gasteiger partial charge in [0.25, 0.3) is 5.91 Å². The van der Waals surface area contributed by atoms with Gasteiger partial charge in [0.15, 0.2) is 0 Å². The lowest BCUT2D eigenvalue weighted by Gasteiger charge is -2.18. The molecule has 3 rings (SSSR count). The fourth-order valence-electron chi connectivity index (χ4n) is 3.09. The average Bonchev–Trinajstić information content (AvgIpc) is 3.18. The molecule has 0 saturated heterocycles. The molecule has 3 nitrogen and oxygen atoms in total. The van der Waals surface area contributed by atoms with Crippen LogP contribution in [-0.2, 0) is 6.54 Å². The topological polar surface area (TPSA) is 42.2 Å². The van der Waals surface area contributed by atoms with Crippen molar-refractivity contribution in [3.8, 4) is 0 Å². The number of amides is 1. The molecule has 0 spiro atoms. The molecular weight excluding hydrogens is 450 g/mol. The van der Waals surface area contributed by atoms with E-state index in [2.05, 4.69) is 5.32 Å². The molecule has 1 atom stereocenters. The summed E-state index contributed by atoms with van der Waals surface area (Å²) in [5.41, 5.74) is 2.39. The molecule has 0 aliphatic heterocycles. The third-order valence-electron chi connectivity index (χ3n) is 4.61. The molecule has 162 valence electrons. The maximum atomic E-state index is 13.6. The first-order chi connectivity index (χ1) is 14.6. The lowest BCUT2D eigenvalue weighted by Crippen LogP contribution is -2.23. The maximum Gasteiger partial charge on any atom is 0.399 e. The Morgan fingerprint density at radius 3 is 2.42 bits per heavy atom. The van der Waals surface area contributed by atoms with E-state index in [1.165, 1.54) is 36.8 Å². The first-order valence-electron chi connectivity index (χ1n) is 9.24. The summed E-state index contributed by atoms with van der Waals surface area (Å²) in [5, 5.41) is 3.04. The summed E-state index contributed by atoms with van der Waals surface area (Å²) in [6, 6.07) is 10.4. The van der Waals surface area contributed by atoms with Crippen LogP contribution in [0, 0.1) is 6.92 Å². The van der Waals surface area contributed by atoms with Crippen molar-refractivity contribution in [3.63, 3.8) is 0 Å². The van der Waals surface area contributed by atoms with Crippen molar-refractivity contribution >= 4 is 35.2 Å². The van der Waals surface area contributed by atoms with Crippen LogP contribution < -0.4 is 5.32 Å². The van der Waals surface area contributed by atoms with Crippen molar-refractivity contribution in [2.24, 2.45) is 0 Å². The molecule has 0 radical (unpaired) electrons. The predicted molar refractivity (Wildman–Crippen MR) is 115 cm³/mol. The van der Waals surface area contributed by atoms with Crippen molar-refractivity contribution in [1.29, 1.82) is 0 Å². The quantitative estimate of drug-likeness (QED) is 0.416. The number of rotatable bonds is 6. The monoisotopic (exact) mass is 467 g/mol. The van der Waals surface area contributed by atoms with Gasteiger partial charge in [-0.15, -0.1) is 0 Å². The third kappa shape index (κ3) is 6.15. The van der Waals surface area contributed by atoms with Crippen LogP contribution in [0.4, 0.5) is 13.2 Å². The lowest BCUT2D eigenvalue weighted by molar-refractivity contribution is -0.139. The largest absolute Gasteiger partial charge is 0.472 e. The Morgan fingerprint density at radius 2 is 1.84 bits per heavy atom. The minimum Gasteiger partial charge on any atom is -0.472 e. The Hall–Kier alpha value is -2.70. The van der Waals surface area contributed by atoms with Gasteiger partial charge >= 0.3 is 6.18 Å². The van der Waals surface area contributed by atoms with Gasteiger partial charge in [-0.2, -0.15) is 13.2 Å². The lowest BCUT2D eigenvalue weighted by atomic mass is 9.96. The molecule has 8 heteroatoms. The summed E-state index contributed by atoms with van der Waals surface area (Å²) in [4.78, 5) is 12.4. The summed E-state index contributed by atoms with van der Waals surface area (Å²) in [5.74, 6) is -2.15. The molecule has 0 aliphatic rings. The highest BCUT2D eigenvalue weighted by Crippen LogP contribution is 2.38. The first-order valence-corrected chi connectivity index (χ1v) is 10.00. The number of hydrogen-bond donors (Lipinski definition) is 1. The van der Waals surface area contributed by atoms with Crippen LogP contribution in [-0.4, -0.2) is 12.1 Å². The van der Waals surface area contributed by atoms with Gasteiger partial charge in [0, 0.05) is 27.7 Å². The number of alkyl halides is 3. The van der Waals surface area contributed by atoms with Gasteiger partial charge < -0.3 is 9.73 Å². The van der Waals surface area contributed by atoms with Crippen molar-refractivity contribution in [3.05, 3.63) is 98.9 Å². The molecule has 0 aliphatic carbocycles. The maximum absolute atomic E-state index is 13.6. The highest BCUT2D eigenvalue weighted by Gasteiger charge is 2.39. The predicted octanol–water partition coefficient (Wildman–Crippen LogP) is 7.18. The highest BCUT2D eigenvalue weighted by molar-refractivity contribution is 6.34. The number of aryl methyl sites for hydroxylation is 1. The molecule has 0 bridgehead atoms. The van der Waals surface area contributed by atoms with Gasteiger partial charge in [-0.3, -0.25) is 4.79 Å². The van der Waals surface area contributed by atoms with Crippen molar-refractivity contribution in [1.82, 2.24) is 5.32 Å². The molecule has 1 amide bonds. The van der Waals surface area contributed by atoms with Crippen LogP contribution in [0.2, 0.25) is 10.0 Å². The van der Waals surface area contributed by atoms with Crippen LogP contribution in [0.1, 0.15) is 38.5 Å². The number of carbonyl (C=O) groups is 1. The van der Waals surface area contributed by atoms with Crippen LogP contribution in [0.25, 0.3) is 6.08 Å². The fourth-order valence-corrected chi connectivity index (χ4v) is 3.63. The Kier molecular flexibility index (Phi) is 7.13. The van der Waals surface area contributed by atoms with E-state index < -0.39 is 12.1 Å². The second-order valence-electron chi connectivity index (χ2n) is 6.97. The van der Waals surface area contributed by atoms with E-state index >= 15 is 0 Å². The Morgan fingerprint density at radius 1 is 1.13 bits per heavy atom. The van der Waals surface area contributed by atoms with Crippen molar-refractivity contribution in [2.75, 3.05) is 0 Å². The second-order valence-corrected chi connectivity index (χ2v) is 7.84. The molecule has 1 aromatic heterocycles. The highest BCUT2D eigenvalue weighted by atomic mass is 35.5. The molecule has 1 unspecified atom stereocenters. The minimum absolute atomic E-state index is 0.0479. The number of nitrogens with one attached hydrogen (secondary N) is 1. The zero-order valence-corrected chi connectivity index (χ0v) is 17.9. The minimum atomic E-state index is -4.52. The number of benzene rings is 2. The SMILES string of the molecule is Cc1cc(/C=C/C(c2cc(Cl)cc(Cl)c2)C(F)(F)F)ccc1C(=O)NCc1ccoc1. The summed E-state index contributed by atoms with van der Waals surface area (Å²) in [6.07, 6.45) is 0.944. The van der Waals surface area contributed by atoms with E-state index in [9.17, 15) is 18.0 Å². The van der Waals surface area contributed by atoms with Gasteiger partial charge in [-0.1, -0.05) is 47.5 Å². The zero-order chi connectivity index (χ0) is 22.6. The number of allylic oxidation sites excluding steroid dienone is 1. The number of hydrogen-bond acceptors (Lipinski definition) is 2. The number of furan rings is 1. The molecule has 1 heterocycles. The van der Waals surface area contributed by atoms with E-state index in [-0.39, 0.29) is 21.5 Å². The van der Waals surface area contributed by atoms with E-state index in [0.717, 1.165) is 11.6 Å². The second kappa shape index (κ2) is 9.62. The van der Waals surface area contributed by atoms with E-state index in [1.54, 1.807) is 31.2 Å². The molecule has 0 saturated carbocycles. The van der Waals surface area contributed by atoms with Crippen molar-refractivity contribution < 1.29 is 22.4 Å². The summed E-state index contributed by atoms with van der Waals surface area (Å²) < 4.78 is 45.8. The van der Waals surface area contributed by atoms with Crippen LogP contribution in [0.3, 0.4) is 0 Å². The summed E-state index contributed by atoms with van der Waals surface area (Å²) >= 11 is 11.7. The standard InChI is InChI=1S/C23H18Cl2F3NO2/c1-14-8-15(2-4-20(14)22(30)29-12-16-6-7-31-13-16)3-5-21(23(26,27)28)17-9-18(24)11-19(25)10-17/h2-11,13,21H,12H2,1H3,(H,29,30)/b5-3+. The van der Waals surface area contributed by atoms with Gasteiger partial charge in [0.2, 0.25) is 0 Å². The van der Waals surface area contributed by atoms with Crippen LogP contribution in [0.15, 0.2) is 65.5 Å².